The maximum absolute atomic E-state index is 12.5. The lowest BCUT2D eigenvalue weighted by Crippen LogP contribution is -2.21. The molecular weight excluding hydrogens is 304 g/mol. The fourth-order valence-corrected chi connectivity index (χ4v) is 2.94. The molecule has 1 aromatic rings. The van der Waals surface area contributed by atoms with E-state index >= 15 is 0 Å². The summed E-state index contributed by atoms with van der Waals surface area (Å²) in [5.74, 6) is -0.106. The molecule has 0 amide bonds. The minimum absolute atomic E-state index is 0.0478. The maximum Gasteiger partial charge on any atom is 0.314 e. The van der Waals surface area contributed by atoms with Gasteiger partial charge in [-0.1, -0.05) is 32.9 Å². The van der Waals surface area contributed by atoms with Gasteiger partial charge in [0.05, 0.1) is 11.5 Å². The summed E-state index contributed by atoms with van der Waals surface area (Å²) in [6.07, 6.45) is 9.29. The van der Waals surface area contributed by atoms with E-state index in [2.05, 4.69) is 12.2 Å². The number of aldehydes is 1. The summed E-state index contributed by atoms with van der Waals surface area (Å²) in [6.45, 7) is 5.80. The van der Waals surface area contributed by atoms with Crippen molar-refractivity contribution in [2.24, 2.45) is 5.92 Å². The Bertz CT molecular complexity index is 638. The molecule has 0 saturated heterocycles. The van der Waals surface area contributed by atoms with Gasteiger partial charge in [-0.05, 0) is 49.7 Å². The van der Waals surface area contributed by atoms with Gasteiger partial charge >= 0.3 is 5.97 Å². The van der Waals surface area contributed by atoms with E-state index in [9.17, 15) is 14.7 Å². The van der Waals surface area contributed by atoms with Crippen molar-refractivity contribution in [2.45, 2.75) is 58.3 Å². The van der Waals surface area contributed by atoms with Gasteiger partial charge in [0.15, 0.2) is 6.29 Å². The average molecular weight is 330 g/mol. The van der Waals surface area contributed by atoms with Crippen LogP contribution in [0.4, 0.5) is 0 Å². The molecule has 1 atom stereocenters. The second-order valence-corrected chi connectivity index (χ2v) is 7.37. The van der Waals surface area contributed by atoms with E-state index in [1.807, 2.05) is 20.8 Å². The van der Waals surface area contributed by atoms with Crippen LogP contribution in [0.2, 0.25) is 0 Å². The topological polar surface area (TPSA) is 63.6 Å². The Balaban J connectivity index is 2.23. The fourth-order valence-electron chi connectivity index (χ4n) is 2.94. The van der Waals surface area contributed by atoms with Crippen LogP contribution < -0.4 is 4.74 Å². The second kappa shape index (κ2) is 7.65. The normalized spacial score (nSPS) is 18.5. The molecule has 130 valence electrons. The molecule has 0 aromatic heterocycles. The molecule has 1 aromatic carbocycles. The monoisotopic (exact) mass is 330 g/mol. The quantitative estimate of drug-likeness (QED) is 0.382. The highest BCUT2D eigenvalue weighted by atomic mass is 16.5. The van der Waals surface area contributed by atoms with Crippen LogP contribution in [0.15, 0.2) is 24.3 Å². The van der Waals surface area contributed by atoms with E-state index in [0.29, 0.717) is 17.6 Å². The number of hydrogen-bond donors (Lipinski definition) is 1. The van der Waals surface area contributed by atoms with E-state index < -0.39 is 0 Å². The number of aromatic hydroxyl groups is 1. The Labute approximate surface area is 143 Å². The molecule has 4 nitrogen and oxygen atoms in total. The molecule has 4 heteroatoms. The lowest BCUT2D eigenvalue weighted by atomic mass is 9.85. The number of carbonyl (C=O) groups excluding carboxylic acids is 2. The third kappa shape index (κ3) is 4.47. The van der Waals surface area contributed by atoms with Gasteiger partial charge in [-0.3, -0.25) is 9.59 Å². The van der Waals surface area contributed by atoms with E-state index in [-0.39, 0.29) is 28.6 Å². The van der Waals surface area contributed by atoms with Crippen molar-refractivity contribution in [3.63, 3.8) is 0 Å². The standard InChI is InChI=1S/C20H26O4/c1-20(2,3)17-12-16(11-15(13-21)18(17)22)24-19(23)14-9-7-5-4-6-8-10-14/h4-5,11-14,22H,6-10H2,1-3H3. The zero-order chi connectivity index (χ0) is 17.7. The molecule has 0 spiro atoms. The molecule has 0 saturated carbocycles. The smallest absolute Gasteiger partial charge is 0.314 e. The first-order valence-corrected chi connectivity index (χ1v) is 8.52. The maximum atomic E-state index is 12.5. The van der Waals surface area contributed by atoms with Gasteiger partial charge in [-0.15, -0.1) is 0 Å². The zero-order valence-corrected chi connectivity index (χ0v) is 14.7. The molecule has 1 unspecified atom stereocenters. The van der Waals surface area contributed by atoms with E-state index in [1.54, 1.807) is 6.07 Å². The Morgan fingerprint density at radius 2 is 1.92 bits per heavy atom. The van der Waals surface area contributed by atoms with Crippen molar-refractivity contribution >= 4 is 12.3 Å². The number of hydrogen-bond acceptors (Lipinski definition) is 4. The third-order valence-corrected chi connectivity index (χ3v) is 4.37. The zero-order valence-electron chi connectivity index (χ0n) is 14.7. The van der Waals surface area contributed by atoms with Crippen LogP contribution >= 0.6 is 0 Å². The number of benzene rings is 1. The summed E-state index contributed by atoms with van der Waals surface area (Å²) in [5, 5.41) is 10.2. The largest absolute Gasteiger partial charge is 0.507 e. The van der Waals surface area contributed by atoms with Gasteiger partial charge < -0.3 is 9.84 Å². The lowest BCUT2D eigenvalue weighted by Gasteiger charge is -2.23. The number of phenols is 1. The number of carbonyl (C=O) groups is 2. The summed E-state index contributed by atoms with van der Waals surface area (Å²) >= 11 is 0. The van der Waals surface area contributed by atoms with Crippen molar-refractivity contribution in [2.75, 3.05) is 0 Å². The number of rotatable bonds is 3. The van der Waals surface area contributed by atoms with Crippen molar-refractivity contribution in [3.05, 3.63) is 35.4 Å². The number of phenolic OH excluding ortho intramolecular Hbond substituents is 1. The Hall–Kier alpha value is -2.10. The Morgan fingerprint density at radius 3 is 2.58 bits per heavy atom. The molecule has 0 heterocycles. The lowest BCUT2D eigenvalue weighted by molar-refractivity contribution is -0.139. The molecule has 2 rings (SSSR count). The first-order valence-electron chi connectivity index (χ1n) is 8.52. The molecule has 1 aliphatic carbocycles. The van der Waals surface area contributed by atoms with Gasteiger partial charge in [-0.2, -0.15) is 0 Å². The predicted octanol–water partition coefficient (Wildman–Crippen LogP) is 4.54. The highest BCUT2D eigenvalue weighted by Gasteiger charge is 2.24. The van der Waals surface area contributed by atoms with Crippen LogP contribution in [0.3, 0.4) is 0 Å². The van der Waals surface area contributed by atoms with E-state index in [4.69, 9.17) is 4.74 Å². The Kier molecular flexibility index (Phi) is 5.81. The average Bonchev–Trinajstić information content (AvgIpc) is 2.47. The SMILES string of the molecule is CC(C)(C)c1cc(OC(=O)C2CCC=CCCC2)cc(C=O)c1O. The van der Waals surface area contributed by atoms with Crippen LogP contribution in [0, 0.1) is 5.92 Å². The van der Waals surface area contributed by atoms with Crippen molar-refractivity contribution in [1.82, 2.24) is 0 Å². The molecule has 0 radical (unpaired) electrons. The highest BCUT2D eigenvalue weighted by molar-refractivity contribution is 5.82. The van der Waals surface area contributed by atoms with Gasteiger partial charge in [0.2, 0.25) is 0 Å². The molecule has 1 N–H and O–H groups in total. The number of ether oxygens (including phenoxy) is 1. The number of esters is 1. The first kappa shape index (κ1) is 18.2. The summed E-state index contributed by atoms with van der Waals surface area (Å²) in [4.78, 5) is 23.7. The molecule has 24 heavy (non-hydrogen) atoms. The summed E-state index contributed by atoms with van der Waals surface area (Å²) in [7, 11) is 0. The fraction of sp³-hybridized carbons (Fsp3) is 0.500. The summed E-state index contributed by atoms with van der Waals surface area (Å²) in [5.41, 5.74) is 0.372. The van der Waals surface area contributed by atoms with Crippen LogP contribution in [0.1, 0.15) is 68.8 Å². The van der Waals surface area contributed by atoms with Gasteiger partial charge in [0.25, 0.3) is 0 Å². The predicted molar refractivity (Wildman–Crippen MR) is 93.5 cm³/mol. The minimum Gasteiger partial charge on any atom is -0.507 e. The highest BCUT2D eigenvalue weighted by Crippen LogP contribution is 2.36. The van der Waals surface area contributed by atoms with Gasteiger partial charge in [0.1, 0.15) is 11.5 Å². The summed E-state index contributed by atoms with van der Waals surface area (Å²) < 4.78 is 5.55. The van der Waals surface area contributed by atoms with Crippen molar-refractivity contribution < 1.29 is 19.4 Å². The molecular formula is C20H26O4. The second-order valence-electron chi connectivity index (χ2n) is 7.37. The minimum atomic E-state index is -0.366. The molecule has 1 aliphatic rings. The van der Waals surface area contributed by atoms with Crippen molar-refractivity contribution in [3.8, 4) is 11.5 Å². The van der Waals surface area contributed by atoms with Crippen LogP contribution in [0.5, 0.6) is 11.5 Å². The van der Waals surface area contributed by atoms with Gasteiger partial charge in [-0.25, -0.2) is 0 Å². The van der Waals surface area contributed by atoms with Crippen LogP contribution in [0.25, 0.3) is 0 Å². The summed E-state index contributed by atoms with van der Waals surface area (Å²) in [6, 6.07) is 3.08. The number of allylic oxidation sites excluding steroid dienone is 2. The Morgan fingerprint density at radius 1 is 1.21 bits per heavy atom. The van der Waals surface area contributed by atoms with E-state index in [0.717, 1.165) is 32.1 Å². The first-order chi connectivity index (χ1) is 11.3. The third-order valence-electron chi connectivity index (χ3n) is 4.37. The van der Waals surface area contributed by atoms with E-state index in [1.165, 1.54) is 6.07 Å². The van der Waals surface area contributed by atoms with Crippen molar-refractivity contribution in [1.29, 1.82) is 0 Å². The molecule has 0 fully saturated rings. The molecule has 0 aliphatic heterocycles. The van der Waals surface area contributed by atoms with Gasteiger partial charge in [0, 0.05) is 5.56 Å². The van der Waals surface area contributed by atoms with Crippen LogP contribution in [-0.4, -0.2) is 17.4 Å². The molecule has 0 bridgehead atoms. The van der Waals surface area contributed by atoms with Crippen LogP contribution in [-0.2, 0) is 10.2 Å².